The van der Waals surface area contributed by atoms with Crippen molar-refractivity contribution in [3.05, 3.63) is 89.9 Å². The van der Waals surface area contributed by atoms with Gasteiger partial charge in [0.1, 0.15) is 12.1 Å². The number of amides is 1. The number of aldehydes is 1. The quantitative estimate of drug-likeness (QED) is 0.350. The number of aromatic nitrogens is 3. The topological polar surface area (TPSA) is 112 Å². The zero-order valence-corrected chi connectivity index (χ0v) is 20.6. The molecule has 0 radical (unpaired) electrons. The lowest BCUT2D eigenvalue weighted by molar-refractivity contribution is 0.0272. The predicted molar refractivity (Wildman–Crippen MR) is 142 cm³/mol. The first-order valence-electron chi connectivity index (χ1n) is 12.3. The number of nitrogens with zero attached hydrogens (tertiary/aromatic N) is 3. The van der Waals surface area contributed by atoms with E-state index >= 15 is 0 Å². The monoisotopic (exact) mass is 495 g/mol. The van der Waals surface area contributed by atoms with Gasteiger partial charge in [-0.2, -0.15) is 5.10 Å². The molecule has 1 amide bonds. The molecular weight excluding hydrogens is 466 g/mol. The molecule has 2 aromatic carbocycles. The number of nitrogen functional groups attached to an aromatic ring is 1. The third-order valence-electron chi connectivity index (χ3n) is 6.77. The van der Waals surface area contributed by atoms with Crippen molar-refractivity contribution < 1.29 is 14.3 Å². The Labute approximate surface area is 215 Å². The fourth-order valence-corrected chi connectivity index (χ4v) is 4.67. The lowest BCUT2D eigenvalue weighted by Gasteiger charge is -2.22. The Kier molecular flexibility index (Phi) is 7.09. The molecule has 188 valence electrons. The number of pyridine rings is 1. The maximum Gasteiger partial charge on any atom is 0.255 e. The van der Waals surface area contributed by atoms with E-state index in [1.54, 1.807) is 23.1 Å². The van der Waals surface area contributed by atoms with E-state index in [0.29, 0.717) is 17.7 Å². The molecule has 2 aromatic heterocycles. The van der Waals surface area contributed by atoms with Crippen molar-refractivity contribution in [3.8, 4) is 22.3 Å². The molecule has 4 aromatic rings. The predicted octanol–water partition coefficient (Wildman–Crippen LogP) is 4.41. The van der Waals surface area contributed by atoms with Gasteiger partial charge in [0, 0.05) is 36.1 Å². The van der Waals surface area contributed by atoms with Crippen LogP contribution in [0.5, 0.6) is 0 Å². The largest absolute Gasteiger partial charge is 0.383 e. The van der Waals surface area contributed by atoms with Gasteiger partial charge in [0.05, 0.1) is 30.5 Å². The number of hydrogen-bond donors (Lipinski definition) is 2. The van der Waals surface area contributed by atoms with Gasteiger partial charge in [0.2, 0.25) is 0 Å². The number of benzene rings is 2. The molecule has 3 N–H and O–H groups in total. The molecule has 8 nitrogen and oxygen atoms in total. The van der Waals surface area contributed by atoms with Crippen molar-refractivity contribution >= 4 is 18.0 Å². The molecule has 37 heavy (non-hydrogen) atoms. The average molecular weight is 496 g/mol. The van der Waals surface area contributed by atoms with Crippen molar-refractivity contribution in [2.45, 2.75) is 38.0 Å². The minimum atomic E-state index is -0.249. The number of rotatable bonds is 8. The van der Waals surface area contributed by atoms with E-state index in [2.05, 4.69) is 15.4 Å². The Balaban J connectivity index is 1.20. The van der Waals surface area contributed by atoms with Crippen molar-refractivity contribution in [2.24, 2.45) is 7.05 Å². The fourth-order valence-electron chi connectivity index (χ4n) is 4.67. The maximum absolute atomic E-state index is 13.1. The first-order chi connectivity index (χ1) is 18.0. The molecule has 0 saturated heterocycles. The zero-order valence-electron chi connectivity index (χ0n) is 20.6. The van der Waals surface area contributed by atoms with E-state index in [1.807, 2.05) is 61.8 Å². The summed E-state index contributed by atoms with van der Waals surface area (Å²) in [5.41, 5.74) is 11.9. The molecular formula is C29H29N5O3. The molecule has 0 bridgehead atoms. The van der Waals surface area contributed by atoms with Gasteiger partial charge in [-0.25, -0.2) is 4.98 Å². The van der Waals surface area contributed by atoms with Crippen LogP contribution in [0.1, 0.15) is 45.5 Å². The minimum Gasteiger partial charge on any atom is -0.383 e. The van der Waals surface area contributed by atoms with Crippen LogP contribution in [0.3, 0.4) is 0 Å². The molecule has 0 aliphatic heterocycles. The molecule has 1 fully saturated rings. The fraction of sp³-hybridized carbons (Fsp3) is 0.241. The first kappa shape index (κ1) is 24.4. The van der Waals surface area contributed by atoms with Gasteiger partial charge >= 0.3 is 0 Å². The summed E-state index contributed by atoms with van der Waals surface area (Å²) in [5, 5.41) is 7.30. The van der Waals surface area contributed by atoms with Crippen molar-refractivity contribution in [1.29, 1.82) is 0 Å². The smallest absolute Gasteiger partial charge is 0.255 e. The first-order valence-corrected chi connectivity index (χ1v) is 12.3. The van der Waals surface area contributed by atoms with Gasteiger partial charge in [-0.1, -0.05) is 48.5 Å². The third-order valence-corrected chi connectivity index (χ3v) is 6.77. The second-order valence-corrected chi connectivity index (χ2v) is 9.36. The number of carbonyl (C=O) groups excluding carboxylic acids is 2. The number of hydrogen-bond acceptors (Lipinski definition) is 6. The highest BCUT2D eigenvalue weighted by Gasteiger charge is 2.30. The van der Waals surface area contributed by atoms with E-state index < -0.39 is 0 Å². The number of nitrogens with two attached hydrogens (primary N) is 1. The summed E-state index contributed by atoms with van der Waals surface area (Å²) in [4.78, 5) is 28.2. The highest BCUT2D eigenvalue weighted by Crippen LogP contribution is 2.26. The van der Waals surface area contributed by atoms with Crippen LogP contribution in [0.2, 0.25) is 0 Å². The molecule has 8 heteroatoms. The van der Waals surface area contributed by atoms with Crippen LogP contribution in [0.25, 0.3) is 22.3 Å². The Morgan fingerprint density at radius 2 is 1.78 bits per heavy atom. The van der Waals surface area contributed by atoms with Crippen molar-refractivity contribution in [3.63, 3.8) is 0 Å². The highest BCUT2D eigenvalue weighted by atomic mass is 16.5. The third kappa shape index (κ3) is 5.59. The van der Waals surface area contributed by atoms with Gasteiger partial charge < -0.3 is 15.8 Å². The van der Waals surface area contributed by atoms with E-state index in [1.165, 1.54) is 0 Å². The van der Waals surface area contributed by atoms with E-state index in [9.17, 15) is 9.59 Å². The van der Waals surface area contributed by atoms with Crippen LogP contribution >= 0.6 is 0 Å². The summed E-state index contributed by atoms with van der Waals surface area (Å²) in [6.07, 6.45) is 8.73. The van der Waals surface area contributed by atoms with Gasteiger partial charge in [-0.3, -0.25) is 14.3 Å². The maximum atomic E-state index is 13.1. The summed E-state index contributed by atoms with van der Waals surface area (Å²) in [6, 6.07) is 17.4. The Morgan fingerprint density at radius 3 is 2.46 bits per heavy atom. The van der Waals surface area contributed by atoms with E-state index in [4.69, 9.17) is 10.5 Å². The normalized spacial score (nSPS) is 17.0. The molecule has 1 aliphatic carbocycles. The van der Waals surface area contributed by atoms with Gasteiger partial charge in [0.15, 0.2) is 0 Å². The summed E-state index contributed by atoms with van der Waals surface area (Å²) >= 11 is 0. The Hall–Kier alpha value is -4.30. The van der Waals surface area contributed by atoms with Crippen LogP contribution in [0.4, 0.5) is 5.82 Å². The Morgan fingerprint density at radius 1 is 1.05 bits per heavy atom. The lowest BCUT2D eigenvalue weighted by Crippen LogP contribution is -2.41. The second-order valence-electron chi connectivity index (χ2n) is 9.36. The molecule has 2 heterocycles. The number of aryl methyl sites for hydroxylation is 1. The van der Waals surface area contributed by atoms with E-state index in [-0.39, 0.29) is 23.9 Å². The molecule has 2 atom stereocenters. The standard InChI is InChI=1S/C29H29N5O3/c1-34-16-24(15-32-34)23-13-25(28(30)31-14-23)29(36)33-26-3-2-4-27(26)37-18-20-7-11-22(12-8-20)21-9-5-19(17-35)6-10-21/h5-17,26-27H,2-4,18H2,1H3,(H2,30,31)(H,33,36)/t26-,27-/m0/s1. The average Bonchev–Trinajstić information content (AvgIpc) is 3.56. The van der Waals surface area contributed by atoms with Crippen molar-refractivity contribution in [1.82, 2.24) is 20.1 Å². The van der Waals surface area contributed by atoms with Crippen LogP contribution in [-0.2, 0) is 18.4 Å². The molecule has 0 spiro atoms. The van der Waals surface area contributed by atoms with Crippen LogP contribution < -0.4 is 11.1 Å². The van der Waals surface area contributed by atoms with Crippen LogP contribution in [-0.4, -0.2) is 39.1 Å². The summed E-state index contributed by atoms with van der Waals surface area (Å²) in [6.45, 7) is 0.460. The SMILES string of the molecule is Cn1cc(-c2cnc(N)c(C(=O)N[C@H]3CCC[C@@H]3OCc3ccc(-c4ccc(C=O)cc4)cc3)c2)cn1. The highest BCUT2D eigenvalue weighted by molar-refractivity contribution is 5.99. The zero-order chi connectivity index (χ0) is 25.8. The van der Waals surface area contributed by atoms with E-state index in [0.717, 1.165) is 53.4 Å². The van der Waals surface area contributed by atoms with Crippen LogP contribution in [0.15, 0.2) is 73.2 Å². The van der Waals surface area contributed by atoms with Gasteiger partial charge in [0.25, 0.3) is 5.91 Å². The number of anilines is 1. The van der Waals surface area contributed by atoms with Crippen LogP contribution in [0, 0.1) is 0 Å². The lowest BCUT2D eigenvalue weighted by atomic mass is 10.0. The summed E-state index contributed by atoms with van der Waals surface area (Å²) in [5.74, 6) is -0.0531. The number of ether oxygens (including phenoxy) is 1. The van der Waals surface area contributed by atoms with Gasteiger partial charge in [-0.05, 0) is 42.0 Å². The number of nitrogens with one attached hydrogen (secondary N) is 1. The van der Waals surface area contributed by atoms with Crippen molar-refractivity contribution in [2.75, 3.05) is 5.73 Å². The molecule has 0 unspecified atom stereocenters. The molecule has 1 aliphatic rings. The summed E-state index contributed by atoms with van der Waals surface area (Å²) in [7, 11) is 1.84. The minimum absolute atomic E-state index is 0.0739. The molecule has 1 saturated carbocycles. The Bertz CT molecular complexity index is 1400. The second kappa shape index (κ2) is 10.8. The number of carbonyl (C=O) groups is 2. The molecule has 5 rings (SSSR count). The van der Waals surface area contributed by atoms with Gasteiger partial charge in [-0.15, -0.1) is 0 Å². The summed E-state index contributed by atoms with van der Waals surface area (Å²) < 4.78 is 7.93.